The second-order valence-electron chi connectivity index (χ2n) is 6.92. The van der Waals surface area contributed by atoms with E-state index in [0.717, 1.165) is 32.5 Å². The van der Waals surface area contributed by atoms with Crippen LogP contribution in [0.3, 0.4) is 0 Å². The van der Waals surface area contributed by atoms with Crippen molar-refractivity contribution in [1.29, 1.82) is 0 Å². The van der Waals surface area contributed by atoms with E-state index >= 15 is 0 Å². The molecule has 2 aliphatic heterocycles. The lowest BCUT2D eigenvalue weighted by molar-refractivity contribution is -0.130. The van der Waals surface area contributed by atoms with Gasteiger partial charge in [-0.3, -0.25) is 14.5 Å². The molecule has 0 saturated carbocycles. The van der Waals surface area contributed by atoms with Crippen LogP contribution in [-0.2, 0) is 4.79 Å². The third kappa shape index (κ3) is 3.38. The second-order valence-corrected chi connectivity index (χ2v) is 6.92. The summed E-state index contributed by atoms with van der Waals surface area (Å²) in [6.07, 6.45) is 2.20. The minimum atomic E-state index is -0.149. The van der Waals surface area contributed by atoms with Gasteiger partial charge in [0.2, 0.25) is 5.91 Å². The molecule has 0 N–H and O–H groups in total. The van der Waals surface area contributed by atoms with Crippen molar-refractivity contribution in [2.75, 3.05) is 46.9 Å². The van der Waals surface area contributed by atoms with Crippen molar-refractivity contribution < 1.29 is 18.7 Å². The Hall–Kier alpha value is -2.02. The van der Waals surface area contributed by atoms with Gasteiger partial charge in [0.15, 0.2) is 5.76 Å². The molecule has 138 valence electrons. The van der Waals surface area contributed by atoms with Crippen LogP contribution in [0.15, 0.2) is 16.5 Å². The van der Waals surface area contributed by atoms with Crippen molar-refractivity contribution in [1.82, 2.24) is 14.7 Å². The number of amides is 2. The van der Waals surface area contributed by atoms with Crippen molar-refractivity contribution >= 4 is 11.8 Å². The fraction of sp³-hybridized carbons (Fsp3) is 0.667. The molecule has 3 heterocycles. The maximum Gasteiger partial charge on any atom is 0.289 e. The predicted molar refractivity (Wildman–Crippen MR) is 92.6 cm³/mol. The zero-order valence-electron chi connectivity index (χ0n) is 15.3. The third-order valence-corrected chi connectivity index (χ3v) is 5.67. The molecule has 7 nitrogen and oxygen atoms in total. The van der Waals surface area contributed by atoms with Gasteiger partial charge in [-0.05, 0) is 32.9 Å². The normalized spacial score (nSPS) is 25.3. The molecule has 1 aromatic rings. The number of nitrogens with zero attached hydrogens (tertiary/aromatic N) is 3. The first-order chi connectivity index (χ1) is 12.0. The smallest absolute Gasteiger partial charge is 0.289 e. The molecule has 1 atom stereocenters. The summed E-state index contributed by atoms with van der Waals surface area (Å²) in [6.45, 7) is 5.58. The topological polar surface area (TPSA) is 66.2 Å². The Morgan fingerprint density at radius 2 is 2.08 bits per heavy atom. The lowest BCUT2D eigenvalue weighted by atomic mass is 9.86. The van der Waals surface area contributed by atoms with Crippen LogP contribution in [-0.4, -0.2) is 78.9 Å². The Morgan fingerprint density at radius 3 is 2.76 bits per heavy atom. The average molecular weight is 349 g/mol. The van der Waals surface area contributed by atoms with Gasteiger partial charge in [0.1, 0.15) is 0 Å². The molecule has 0 bridgehead atoms. The van der Waals surface area contributed by atoms with Gasteiger partial charge < -0.3 is 19.0 Å². The molecule has 2 amide bonds. The molecule has 7 heteroatoms. The maximum atomic E-state index is 12.8. The van der Waals surface area contributed by atoms with Gasteiger partial charge in [0.05, 0.1) is 7.11 Å². The highest BCUT2D eigenvalue weighted by Gasteiger charge is 2.43. The summed E-state index contributed by atoms with van der Waals surface area (Å²) < 4.78 is 10.5. The monoisotopic (exact) mass is 349 g/mol. The summed E-state index contributed by atoms with van der Waals surface area (Å²) in [5.41, 5.74) is -0.149. The van der Waals surface area contributed by atoms with Gasteiger partial charge in [-0.2, -0.15) is 0 Å². The van der Waals surface area contributed by atoms with Gasteiger partial charge in [0.25, 0.3) is 11.9 Å². The zero-order valence-corrected chi connectivity index (χ0v) is 15.3. The molecule has 1 aromatic heterocycles. The fourth-order valence-corrected chi connectivity index (χ4v) is 3.90. The summed E-state index contributed by atoms with van der Waals surface area (Å²) in [5.74, 6) is 0.743. The van der Waals surface area contributed by atoms with E-state index in [9.17, 15) is 9.59 Å². The van der Waals surface area contributed by atoms with Crippen molar-refractivity contribution in [3.05, 3.63) is 17.9 Å². The van der Waals surface area contributed by atoms with E-state index in [1.807, 2.05) is 16.7 Å². The van der Waals surface area contributed by atoms with E-state index in [2.05, 4.69) is 11.9 Å². The lowest BCUT2D eigenvalue weighted by Crippen LogP contribution is -2.62. The number of methoxy groups -OCH3 is 1. The molecule has 2 aliphatic rings. The molecule has 3 rings (SSSR count). The highest BCUT2D eigenvalue weighted by molar-refractivity contribution is 5.91. The van der Waals surface area contributed by atoms with Crippen LogP contribution < -0.4 is 4.74 Å². The van der Waals surface area contributed by atoms with Crippen LogP contribution in [0.4, 0.5) is 0 Å². The SMILES string of the molecule is CCN1CC[C@@]2(CCC1=O)CN(C(=O)c1ccc(OC)o1)CCN2C. The van der Waals surface area contributed by atoms with E-state index in [-0.39, 0.29) is 17.4 Å². The summed E-state index contributed by atoms with van der Waals surface area (Å²) in [4.78, 5) is 31.2. The molecule has 0 aliphatic carbocycles. The highest BCUT2D eigenvalue weighted by Crippen LogP contribution is 2.33. The molecule has 0 aromatic carbocycles. The molecule has 2 saturated heterocycles. The number of carbonyl (C=O) groups excluding carboxylic acids is 2. The lowest BCUT2D eigenvalue weighted by Gasteiger charge is -2.49. The number of ether oxygens (including phenoxy) is 1. The molecule has 25 heavy (non-hydrogen) atoms. The number of hydrogen-bond acceptors (Lipinski definition) is 5. The third-order valence-electron chi connectivity index (χ3n) is 5.67. The van der Waals surface area contributed by atoms with Crippen molar-refractivity contribution in [3.63, 3.8) is 0 Å². The minimum absolute atomic E-state index is 0.112. The van der Waals surface area contributed by atoms with Gasteiger partial charge in [-0.15, -0.1) is 0 Å². The van der Waals surface area contributed by atoms with Gasteiger partial charge in [0, 0.05) is 50.7 Å². The van der Waals surface area contributed by atoms with Crippen molar-refractivity contribution in [2.24, 2.45) is 0 Å². The number of likely N-dealkylation sites (tertiary alicyclic amines) is 1. The predicted octanol–water partition coefficient (Wildman–Crippen LogP) is 1.45. The Bertz CT molecular complexity index is 644. The van der Waals surface area contributed by atoms with Crippen molar-refractivity contribution in [2.45, 2.75) is 31.7 Å². The van der Waals surface area contributed by atoms with Gasteiger partial charge in [-0.1, -0.05) is 0 Å². The summed E-state index contributed by atoms with van der Waals surface area (Å²) >= 11 is 0. The van der Waals surface area contributed by atoms with E-state index < -0.39 is 0 Å². The first-order valence-electron chi connectivity index (χ1n) is 8.91. The first kappa shape index (κ1) is 17.8. The Morgan fingerprint density at radius 1 is 1.28 bits per heavy atom. The fourth-order valence-electron chi connectivity index (χ4n) is 3.90. The maximum absolute atomic E-state index is 12.8. The largest absolute Gasteiger partial charge is 0.468 e. The van der Waals surface area contributed by atoms with Gasteiger partial charge >= 0.3 is 0 Å². The zero-order chi connectivity index (χ0) is 18.0. The molecule has 0 radical (unpaired) electrons. The van der Waals surface area contributed by atoms with Crippen LogP contribution in [0.25, 0.3) is 0 Å². The number of hydrogen-bond donors (Lipinski definition) is 0. The molecule has 1 spiro atoms. The number of carbonyl (C=O) groups is 2. The number of furan rings is 1. The van der Waals surface area contributed by atoms with E-state index in [1.54, 1.807) is 12.1 Å². The number of rotatable bonds is 3. The molecular formula is C18H27N3O4. The van der Waals surface area contributed by atoms with E-state index in [1.165, 1.54) is 7.11 Å². The molecular weight excluding hydrogens is 322 g/mol. The second kappa shape index (κ2) is 7.07. The average Bonchev–Trinajstić information content (AvgIpc) is 3.04. The summed E-state index contributed by atoms with van der Waals surface area (Å²) in [7, 11) is 3.61. The first-order valence-corrected chi connectivity index (χ1v) is 8.91. The number of likely N-dealkylation sites (N-methyl/N-ethyl adjacent to an activating group) is 1. The molecule has 0 unspecified atom stereocenters. The van der Waals surface area contributed by atoms with Crippen LogP contribution >= 0.6 is 0 Å². The van der Waals surface area contributed by atoms with E-state index in [4.69, 9.17) is 9.15 Å². The summed E-state index contributed by atoms with van der Waals surface area (Å²) in [6, 6.07) is 3.31. The van der Waals surface area contributed by atoms with Crippen LogP contribution in [0.5, 0.6) is 5.95 Å². The standard InChI is InChI=1S/C18H27N3O4/c1-4-20-10-9-18(8-7-15(20)22)13-21(12-11-19(18)2)17(23)14-5-6-16(24-3)25-14/h5-6H,4,7-13H2,1-3H3/t18-/m0/s1. The van der Waals surface area contributed by atoms with E-state index in [0.29, 0.717) is 31.2 Å². The minimum Gasteiger partial charge on any atom is -0.468 e. The van der Waals surface area contributed by atoms with Gasteiger partial charge in [-0.25, -0.2) is 0 Å². The highest BCUT2D eigenvalue weighted by atomic mass is 16.6. The van der Waals surface area contributed by atoms with Crippen LogP contribution in [0.1, 0.15) is 36.7 Å². The quantitative estimate of drug-likeness (QED) is 0.826. The van der Waals surface area contributed by atoms with Crippen molar-refractivity contribution in [3.8, 4) is 5.95 Å². The Kier molecular flexibility index (Phi) is 5.03. The van der Waals surface area contributed by atoms with Crippen LogP contribution in [0.2, 0.25) is 0 Å². The van der Waals surface area contributed by atoms with Crippen LogP contribution in [0, 0.1) is 0 Å². The summed E-state index contributed by atoms with van der Waals surface area (Å²) in [5, 5.41) is 0. The Labute approximate surface area is 148 Å². The Balaban J connectivity index is 1.76. The number of piperazine rings is 1. The molecule has 2 fully saturated rings.